The van der Waals surface area contributed by atoms with Gasteiger partial charge in [-0.05, 0) is 117 Å². The van der Waals surface area contributed by atoms with E-state index in [-0.39, 0.29) is 41.7 Å². The van der Waals surface area contributed by atoms with Crippen LogP contribution < -0.4 is 0 Å². The quantitative estimate of drug-likeness (QED) is 0.0468. The van der Waals surface area contributed by atoms with Gasteiger partial charge in [-0.15, -0.1) is 0 Å². The van der Waals surface area contributed by atoms with Gasteiger partial charge in [0, 0.05) is 31.1 Å². The van der Waals surface area contributed by atoms with E-state index in [1.54, 1.807) is 5.57 Å². The lowest BCUT2D eigenvalue weighted by atomic mass is 9.47. The number of allylic oxidation sites excluding steroid dienone is 3. The zero-order valence-corrected chi connectivity index (χ0v) is 34.4. The molecule has 1 aliphatic heterocycles. The average molecular weight is 737 g/mol. The number of rotatable bonds is 19. The molecule has 2 bridgehead atoms. The third-order valence-corrected chi connectivity index (χ3v) is 15.8. The number of hydrogen-bond donors (Lipinski definition) is 1. The van der Waals surface area contributed by atoms with Crippen LogP contribution in [0.3, 0.4) is 0 Å². The standard InChI is InChI=1S/C47H76O6/c1-7-8-11-17-35(51-49)21-23-38-37(43-31-44(38)53-52-43)18-12-9-10-13-19-45(48)50-36-26-28-46(5)34(30-36)20-22-39-41-25-24-40(33(4)16-14-15-32(2)3)47(41,6)29-27-42(39)46/h9,12,20-21,23,32-33,35-44,49H,7-8,10-11,13-19,22,24-31H2,1-6H3/b12-9-,23-21+/t33-,35?,36+,37?,38?,39+,40-,41+,42+,43+,44-,46+,47-/m1/s1. The van der Waals surface area contributed by atoms with Crippen molar-refractivity contribution < 1.29 is 29.5 Å². The van der Waals surface area contributed by atoms with Gasteiger partial charge in [0.15, 0.2) is 0 Å². The van der Waals surface area contributed by atoms with E-state index in [0.717, 1.165) is 99.7 Å². The second kappa shape index (κ2) is 18.6. The number of carbonyl (C=O) groups excluding carboxylic acids is 1. The van der Waals surface area contributed by atoms with Crippen molar-refractivity contribution >= 4 is 5.97 Å². The first-order valence-corrected chi connectivity index (χ1v) is 22.4. The lowest BCUT2D eigenvalue weighted by Gasteiger charge is -2.58. The molecule has 6 rings (SSSR count). The van der Waals surface area contributed by atoms with Crippen molar-refractivity contribution in [2.75, 3.05) is 0 Å². The fourth-order valence-electron chi connectivity index (χ4n) is 12.8. The summed E-state index contributed by atoms with van der Waals surface area (Å²) in [6.45, 7) is 14.8. The molecule has 0 spiro atoms. The van der Waals surface area contributed by atoms with Crippen molar-refractivity contribution in [3.8, 4) is 0 Å². The molecule has 3 unspecified atom stereocenters. The summed E-state index contributed by atoms with van der Waals surface area (Å²) in [5, 5.41) is 9.37. The Hall–Kier alpha value is -1.47. The normalized spacial score (nSPS) is 38.9. The molecule has 6 nitrogen and oxygen atoms in total. The van der Waals surface area contributed by atoms with E-state index < -0.39 is 0 Å². The first kappa shape index (κ1) is 41.2. The Morgan fingerprint density at radius 2 is 1.79 bits per heavy atom. The highest BCUT2D eigenvalue weighted by molar-refractivity contribution is 5.69. The van der Waals surface area contributed by atoms with Gasteiger partial charge in [0.05, 0.1) is 6.10 Å². The van der Waals surface area contributed by atoms with Crippen molar-refractivity contribution in [1.82, 2.24) is 0 Å². The molecular formula is C47H76O6. The monoisotopic (exact) mass is 737 g/mol. The summed E-state index contributed by atoms with van der Waals surface area (Å²) in [7, 11) is 0. The predicted octanol–water partition coefficient (Wildman–Crippen LogP) is 12.4. The molecule has 6 heteroatoms. The molecule has 0 aromatic carbocycles. The molecule has 1 N–H and O–H groups in total. The van der Waals surface area contributed by atoms with E-state index in [9.17, 15) is 10.1 Å². The van der Waals surface area contributed by atoms with Crippen molar-refractivity contribution in [3.05, 3.63) is 36.0 Å². The molecule has 0 amide bonds. The van der Waals surface area contributed by atoms with E-state index in [0.29, 0.717) is 17.8 Å². The predicted molar refractivity (Wildman–Crippen MR) is 213 cm³/mol. The van der Waals surface area contributed by atoms with Crippen LogP contribution in [0.15, 0.2) is 36.0 Å². The Labute approximate surface area is 323 Å². The maximum absolute atomic E-state index is 13.0. The van der Waals surface area contributed by atoms with Crippen LogP contribution in [-0.4, -0.2) is 35.6 Å². The summed E-state index contributed by atoms with van der Waals surface area (Å²) in [6, 6.07) is 0. The minimum Gasteiger partial charge on any atom is -0.462 e. The van der Waals surface area contributed by atoms with Crippen molar-refractivity contribution in [3.63, 3.8) is 0 Å². The van der Waals surface area contributed by atoms with Gasteiger partial charge in [-0.3, -0.25) is 10.1 Å². The number of esters is 1. The molecule has 5 fully saturated rings. The number of fused-ring (bicyclic) bond motifs is 7. The SMILES string of the molecule is CCCCCC(/C=C/C1C(C/C=C\CCCC(=O)O[C@H]2CC[C@@]3(C)C(=CC[C@H]4[C@@H]5CC[C@H]([C@H](C)CCCC(C)C)[C@@]5(C)CC[C@@H]43)C2)[C@@H]2C[C@H]1OO2)OO. The molecule has 0 radical (unpaired) electrons. The van der Waals surface area contributed by atoms with Crippen LogP contribution in [0.4, 0.5) is 0 Å². The van der Waals surface area contributed by atoms with Gasteiger partial charge in [-0.1, -0.05) is 116 Å². The van der Waals surface area contributed by atoms with Gasteiger partial charge in [-0.25, -0.2) is 14.7 Å². The minimum atomic E-state index is -0.269. The van der Waals surface area contributed by atoms with Gasteiger partial charge in [0.1, 0.15) is 18.3 Å². The largest absolute Gasteiger partial charge is 0.462 e. The van der Waals surface area contributed by atoms with Gasteiger partial charge < -0.3 is 4.74 Å². The summed E-state index contributed by atoms with van der Waals surface area (Å²) < 4.78 is 6.15. The summed E-state index contributed by atoms with van der Waals surface area (Å²) in [5.41, 5.74) is 2.41. The van der Waals surface area contributed by atoms with Gasteiger partial charge in [0.25, 0.3) is 0 Å². The topological polar surface area (TPSA) is 74.2 Å². The zero-order chi connectivity index (χ0) is 37.6. The molecule has 0 aromatic heterocycles. The molecular weight excluding hydrogens is 661 g/mol. The molecule has 1 heterocycles. The summed E-state index contributed by atoms with van der Waals surface area (Å²) in [4.78, 5) is 28.9. The molecule has 13 atom stereocenters. The van der Waals surface area contributed by atoms with Crippen LogP contribution in [0.5, 0.6) is 0 Å². The molecule has 4 saturated carbocycles. The zero-order valence-electron chi connectivity index (χ0n) is 34.4. The lowest BCUT2D eigenvalue weighted by molar-refractivity contribution is -0.336. The number of ether oxygens (including phenoxy) is 1. The van der Waals surface area contributed by atoms with E-state index in [4.69, 9.17) is 19.4 Å². The Morgan fingerprint density at radius 3 is 2.58 bits per heavy atom. The lowest BCUT2D eigenvalue weighted by Crippen LogP contribution is -2.51. The third-order valence-electron chi connectivity index (χ3n) is 15.8. The van der Waals surface area contributed by atoms with Crippen molar-refractivity contribution in [2.24, 2.45) is 58.2 Å². The fraction of sp³-hybridized carbons (Fsp3) is 0.851. The van der Waals surface area contributed by atoms with Crippen LogP contribution >= 0.6 is 0 Å². The fourth-order valence-corrected chi connectivity index (χ4v) is 12.8. The molecule has 300 valence electrons. The van der Waals surface area contributed by atoms with Gasteiger partial charge in [-0.2, -0.15) is 0 Å². The Bertz CT molecular complexity index is 1270. The van der Waals surface area contributed by atoms with Crippen molar-refractivity contribution in [1.29, 1.82) is 0 Å². The molecule has 5 aliphatic carbocycles. The van der Waals surface area contributed by atoms with E-state index in [1.807, 2.05) is 6.08 Å². The molecule has 0 aromatic rings. The van der Waals surface area contributed by atoms with Crippen LogP contribution in [0.2, 0.25) is 0 Å². The van der Waals surface area contributed by atoms with Crippen LogP contribution in [0.25, 0.3) is 0 Å². The first-order chi connectivity index (χ1) is 25.6. The number of hydrogen-bond acceptors (Lipinski definition) is 6. The van der Waals surface area contributed by atoms with Crippen LogP contribution in [0, 0.1) is 58.2 Å². The van der Waals surface area contributed by atoms with Gasteiger partial charge >= 0.3 is 5.97 Å². The minimum absolute atomic E-state index is 0.0299. The van der Waals surface area contributed by atoms with E-state index in [1.165, 1.54) is 57.8 Å². The summed E-state index contributed by atoms with van der Waals surface area (Å²) >= 11 is 0. The average Bonchev–Trinajstić information content (AvgIpc) is 3.84. The smallest absolute Gasteiger partial charge is 0.306 e. The Kier molecular flexibility index (Phi) is 14.5. The summed E-state index contributed by atoms with van der Waals surface area (Å²) in [5.74, 6) is 5.67. The second-order valence-corrected chi connectivity index (χ2v) is 19.5. The highest BCUT2D eigenvalue weighted by atomic mass is 17.2. The molecule has 1 saturated heterocycles. The van der Waals surface area contributed by atoms with E-state index >= 15 is 0 Å². The Balaban J connectivity index is 0.926. The Morgan fingerprint density at radius 1 is 0.962 bits per heavy atom. The highest BCUT2D eigenvalue weighted by Crippen LogP contribution is 2.67. The molecule has 6 aliphatic rings. The van der Waals surface area contributed by atoms with Gasteiger partial charge in [0.2, 0.25) is 0 Å². The number of unbranched alkanes of at least 4 members (excludes halogenated alkanes) is 3. The third kappa shape index (κ3) is 9.40. The van der Waals surface area contributed by atoms with Crippen LogP contribution in [-0.2, 0) is 24.2 Å². The second-order valence-electron chi connectivity index (χ2n) is 19.5. The summed E-state index contributed by atoms with van der Waals surface area (Å²) in [6.07, 6.45) is 33.6. The van der Waals surface area contributed by atoms with E-state index in [2.05, 4.69) is 65.8 Å². The highest BCUT2D eigenvalue weighted by Gasteiger charge is 2.59. The maximum Gasteiger partial charge on any atom is 0.306 e. The molecule has 53 heavy (non-hydrogen) atoms. The van der Waals surface area contributed by atoms with Crippen LogP contribution in [0.1, 0.15) is 170 Å². The van der Waals surface area contributed by atoms with Crippen molar-refractivity contribution in [2.45, 2.75) is 194 Å². The number of carbonyl (C=O) groups is 1. The first-order valence-electron chi connectivity index (χ1n) is 22.4. The maximum atomic E-state index is 13.0.